The van der Waals surface area contributed by atoms with Crippen LogP contribution in [0, 0.1) is 24.4 Å². The van der Waals surface area contributed by atoms with Gasteiger partial charge in [0.2, 0.25) is 0 Å². The van der Waals surface area contributed by atoms with E-state index in [2.05, 4.69) is 9.97 Å². The van der Waals surface area contributed by atoms with E-state index in [1.165, 1.54) is 12.4 Å². The zero-order chi connectivity index (χ0) is 13.3. The Hall–Kier alpha value is -1.95. The Bertz CT molecular complexity index is 572. The van der Waals surface area contributed by atoms with Crippen LogP contribution in [0.4, 0.5) is 13.2 Å². The standard InChI is InChI=1S/C12H9F3N2O/c1-6-4-17-9(5-16-6)12(18)7-2-3-8(13)11(15)10(7)14/h2-5,12,18H,1H3. The van der Waals surface area contributed by atoms with Gasteiger partial charge in [0.15, 0.2) is 17.5 Å². The molecular formula is C12H9F3N2O. The lowest BCUT2D eigenvalue weighted by Crippen LogP contribution is -2.08. The summed E-state index contributed by atoms with van der Waals surface area (Å²) in [5.41, 5.74) is 0.300. The maximum atomic E-state index is 13.5. The molecule has 2 rings (SSSR count). The van der Waals surface area contributed by atoms with Crippen molar-refractivity contribution < 1.29 is 18.3 Å². The van der Waals surface area contributed by atoms with Crippen LogP contribution < -0.4 is 0 Å². The van der Waals surface area contributed by atoms with Crippen LogP contribution in [0.1, 0.15) is 23.1 Å². The molecule has 0 spiro atoms. The molecular weight excluding hydrogens is 245 g/mol. The summed E-state index contributed by atoms with van der Waals surface area (Å²) in [6, 6.07) is 1.72. The number of aliphatic hydroxyl groups excluding tert-OH is 1. The average Bonchev–Trinajstić information content (AvgIpc) is 2.36. The van der Waals surface area contributed by atoms with Crippen molar-refractivity contribution in [1.29, 1.82) is 0 Å². The van der Waals surface area contributed by atoms with E-state index < -0.39 is 23.6 Å². The van der Waals surface area contributed by atoms with E-state index >= 15 is 0 Å². The van der Waals surface area contributed by atoms with Gasteiger partial charge in [0.05, 0.1) is 17.6 Å². The number of benzene rings is 1. The van der Waals surface area contributed by atoms with Crippen molar-refractivity contribution in [3.8, 4) is 0 Å². The van der Waals surface area contributed by atoms with E-state index in [1.54, 1.807) is 6.92 Å². The predicted molar refractivity (Wildman–Crippen MR) is 57.1 cm³/mol. The summed E-state index contributed by atoms with van der Waals surface area (Å²) in [4.78, 5) is 7.73. The molecule has 0 saturated heterocycles. The second-order valence-electron chi connectivity index (χ2n) is 3.75. The number of aromatic nitrogens is 2. The van der Waals surface area contributed by atoms with E-state index in [0.717, 1.165) is 12.1 Å². The summed E-state index contributed by atoms with van der Waals surface area (Å²) in [7, 11) is 0. The lowest BCUT2D eigenvalue weighted by Gasteiger charge is -2.11. The third kappa shape index (κ3) is 2.19. The molecule has 6 heteroatoms. The number of rotatable bonds is 2. The lowest BCUT2D eigenvalue weighted by atomic mass is 10.1. The minimum Gasteiger partial charge on any atom is -0.382 e. The van der Waals surface area contributed by atoms with Gasteiger partial charge in [-0.15, -0.1) is 0 Å². The molecule has 1 heterocycles. The molecule has 1 atom stereocenters. The Labute approximate surface area is 101 Å². The van der Waals surface area contributed by atoms with Gasteiger partial charge in [-0.05, 0) is 19.1 Å². The van der Waals surface area contributed by atoms with Crippen molar-refractivity contribution >= 4 is 0 Å². The molecule has 18 heavy (non-hydrogen) atoms. The monoisotopic (exact) mass is 254 g/mol. The number of aryl methyl sites for hydroxylation is 1. The summed E-state index contributed by atoms with van der Waals surface area (Å²) in [5, 5.41) is 9.85. The molecule has 94 valence electrons. The fourth-order valence-corrected chi connectivity index (χ4v) is 1.46. The smallest absolute Gasteiger partial charge is 0.194 e. The molecule has 0 fully saturated rings. The van der Waals surface area contributed by atoms with Crippen LogP contribution in [0.15, 0.2) is 24.5 Å². The summed E-state index contributed by atoms with van der Waals surface area (Å²) < 4.78 is 39.2. The third-order valence-electron chi connectivity index (χ3n) is 2.44. The Morgan fingerprint density at radius 2 is 1.78 bits per heavy atom. The number of hydrogen-bond donors (Lipinski definition) is 1. The second-order valence-corrected chi connectivity index (χ2v) is 3.75. The topological polar surface area (TPSA) is 46.0 Å². The predicted octanol–water partition coefficient (Wildman–Crippen LogP) is 2.28. The first-order valence-electron chi connectivity index (χ1n) is 5.10. The molecule has 1 aromatic heterocycles. The highest BCUT2D eigenvalue weighted by molar-refractivity contribution is 5.27. The minimum atomic E-state index is -1.62. The molecule has 2 aromatic rings. The SMILES string of the molecule is Cc1cnc(C(O)c2ccc(F)c(F)c2F)cn1. The number of halogens is 3. The summed E-state index contributed by atoms with van der Waals surface area (Å²) in [6.45, 7) is 1.70. The molecule has 1 aromatic carbocycles. The zero-order valence-electron chi connectivity index (χ0n) is 9.36. The van der Waals surface area contributed by atoms with Crippen LogP contribution in [-0.4, -0.2) is 15.1 Å². The number of nitrogens with zero attached hydrogens (tertiary/aromatic N) is 2. The van der Waals surface area contributed by atoms with Crippen LogP contribution in [0.2, 0.25) is 0 Å². The number of hydrogen-bond acceptors (Lipinski definition) is 3. The van der Waals surface area contributed by atoms with Gasteiger partial charge in [-0.3, -0.25) is 9.97 Å². The molecule has 1 N–H and O–H groups in total. The first-order chi connectivity index (χ1) is 8.50. The van der Waals surface area contributed by atoms with Crippen LogP contribution >= 0.6 is 0 Å². The average molecular weight is 254 g/mol. The molecule has 3 nitrogen and oxygen atoms in total. The highest BCUT2D eigenvalue weighted by atomic mass is 19.2. The second kappa shape index (κ2) is 4.73. The van der Waals surface area contributed by atoms with E-state index in [1.807, 2.05) is 0 Å². The summed E-state index contributed by atoms with van der Waals surface area (Å²) in [5.74, 6) is -4.35. The van der Waals surface area contributed by atoms with Crippen LogP contribution in [-0.2, 0) is 0 Å². The van der Waals surface area contributed by atoms with Gasteiger partial charge in [-0.1, -0.05) is 0 Å². The van der Waals surface area contributed by atoms with Crippen LogP contribution in [0.25, 0.3) is 0 Å². The van der Waals surface area contributed by atoms with Gasteiger partial charge in [0.1, 0.15) is 6.10 Å². The van der Waals surface area contributed by atoms with Gasteiger partial charge in [0.25, 0.3) is 0 Å². The first-order valence-corrected chi connectivity index (χ1v) is 5.10. The van der Waals surface area contributed by atoms with Gasteiger partial charge in [-0.25, -0.2) is 13.2 Å². The lowest BCUT2D eigenvalue weighted by molar-refractivity contribution is 0.207. The highest BCUT2D eigenvalue weighted by Crippen LogP contribution is 2.25. The maximum Gasteiger partial charge on any atom is 0.194 e. The van der Waals surface area contributed by atoms with Crippen molar-refractivity contribution in [2.45, 2.75) is 13.0 Å². The highest BCUT2D eigenvalue weighted by Gasteiger charge is 2.21. The molecule has 0 aliphatic carbocycles. The minimum absolute atomic E-state index is 0.0607. The fourth-order valence-electron chi connectivity index (χ4n) is 1.46. The van der Waals surface area contributed by atoms with Crippen LogP contribution in [0.3, 0.4) is 0 Å². The van der Waals surface area contributed by atoms with E-state index in [0.29, 0.717) is 5.69 Å². The van der Waals surface area contributed by atoms with Crippen molar-refractivity contribution in [3.63, 3.8) is 0 Å². The Kier molecular flexibility index (Phi) is 3.29. The third-order valence-corrected chi connectivity index (χ3v) is 2.44. The maximum absolute atomic E-state index is 13.5. The normalized spacial score (nSPS) is 12.5. The van der Waals surface area contributed by atoms with Gasteiger partial charge in [0, 0.05) is 11.8 Å². The van der Waals surface area contributed by atoms with Gasteiger partial charge >= 0.3 is 0 Å². The Morgan fingerprint density at radius 1 is 1.06 bits per heavy atom. The van der Waals surface area contributed by atoms with E-state index in [-0.39, 0.29) is 11.3 Å². The molecule has 0 radical (unpaired) electrons. The first kappa shape index (κ1) is 12.5. The zero-order valence-corrected chi connectivity index (χ0v) is 9.36. The van der Waals surface area contributed by atoms with Gasteiger partial charge < -0.3 is 5.11 Å². The van der Waals surface area contributed by atoms with E-state index in [9.17, 15) is 18.3 Å². The quantitative estimate of drug-likeness (QED) is 0.836. The molecule has 0 saturated carbocycles. The van der Waals surface area contributed by atoms with Crippen molar-refractivity contribution in [2.75, 3.05) is 0 Å². The summed E-state index contributed by atoms with van der Waals surface area (Å²) >= 11 is 0. The number of aliphatic hydroxyl groups is 1. The van der Waals surface area contributed by atoms with Crippen LogP contribution in [0.5, 0.6) is 0 Å². The van der Waals surface area contributed by atoms with Crippen molar-refractivity contribution in [2.24, 2.45) is 0 Å². The molecule has 0 aliphatic heterocycles. The van der Waals surface area contributed by atoms with Crippen molar-refractivity contribution in [3.05, 3.63) is 58.9 Å². The fraction of sp³-hybridized carbons (Fsp3) is 0.167. The van der Waals surface area contributed by atoms with E-state index in [4.69, 9.17) is 0 Å². The molecule has 0 bridgehead atoms. The largest absolute Gasteiger partial charge is 0.382 e. The summed E-state index contributed by atoms with van der Waals surface area (Å²) in [6.07, 6.45) is 1.14. The molecule has 0 amide bonds. The van der Waals surface area contributed by atoms with Gasteiger partial charge in [-0.2, -0.15) is 0 Å². The molecule has 1 unspecified atom stereocenters. The molecule has 0 aliphatic rings. The Morgan fingerprint density at radius 3 is 2.39 bits per heavy atom. The Balaban J connectivity index is 2.43. The van der Waals surface area contributed by atoms with Crippen molar-refractivity contribution in [1.82, 2.24) is 9.97 Å².